The Bertz CT molecular complexity index is 1960. The molecule has 1 fully saturated rings. The van der Waals surface area contributed by atoms with Crippen LogP contribution in [0.2, 0.25) is 0 Å². The number of benzene rings is 2. The molecule has 0 radical (unpaired) electrons. The van der Waals surface area contributed by atoms with E-state index in [0.29, 0.717) is 34.6 Å². The third-order valence-corrected chi connectivity index (χ3v) is 8.55. The fraction of sp³-hybridized carbons (Fsp3) is 0.241. The zero-order valence-corrected chi connectivity index (χ0v) is 23.0. The second-order valence-electron chi connectivity index (χ2n) is 10.0. The van der Waals surface area contributed by atoms with Gasteiger partial charge in [0, 0.05) is 42.0 Å². The van der Waals surface area contributed by atoms with Crippen LogP contribution in [0.4, 0.5) is 14.5 Å². The molecular weight excluding hydrogens is 554 g/mol. The lowest BCUT2D eigenvalue weighted by atomic mass is 9.85. The van der Waals surface area contributed by atoms with Crippen LogP contribution in [0.25, 0.3) is 33.6 Å². The van der Waals surface area contributed by atoms with Gasteiger partial charge in [0.15, 0.2) is 17.3 Å². The smallest absolute Gasteiger partial charge is 0.261 e. The molecule has 2 aromatic carbocycles. The minimum absolute atomic E-state index is 0.127. The maximum absolute atomic E-state index is 14.5. The lowest BCUT2D eigenvalue weighted by Crippen LogP contribution is -2.16. The summed E-state index contributed by atoms with van der Waals surface area (Å²) in [5.41, 5.74) is 1.45. The van der Waals surface area contributed by atoms with E-state index >= 15 is 0 Å². The number of ether oxygens (including phenoxy) is 1. The van der Waals surface area contributed by atoms with E-state index in [1.807, 2.05) is 0 Å². The summed E-state index contributed by atoms with van der Waals surface area (Å²) in [6, 6.07) is 8.98. The number of furan rings is 1. The maximum Gasteiger partial charge on any atom is 0.261 e. The third-order valence-electron chi connectivity index (χ3n) is 7.24. The molecule has 0 saturated heterocycles. The first-order valence-electron chi connectivity index (χ1n) is 13.1. The number of aromatic amines is 1. The van der Waals surface area contributed by atoms with E-state index in [0.717, 1.165) is 37.2 Å². The second-order valence-corrected chi connectivity index (χ2v) is 12.0. The van der Waals surface area contributed by atoms with Crippen molar-refractivity contribution in [3.8, 4) is 34.1 Å². The molecule has 1 aliphatic rings. The minimum atomic E-state index is -3.63. The van der Waals surface area contributed by atoms with Gasteiger partial charge in [0.2, 0.25) is 10.0 Å². The van der Waals surface area contributed by atoms with Crippen molar-refractivity contribution < 1.29 is 26.4 Å². The van der Waals surface area contributed by atoms with Crippen molar-refractivity contribution in [2.75, 3.05) is 10.5 Å². The van der Waals surface area contributed by atoms with Crippen LogP contribution in [0.1, 0.15) is 37.9 Å². The van der Waals surface area contributed by atoms with Gasteiger partial charge in [-0.3, -0.25) is 9.52 Å². The number of nitrogens with zero attached hydrogens (tertiary/aromatic N) is 2. The molecule has 0 atom stereocenters. The summed E-state index contributed by atoms with van der Waals surface area (Å²) in [6.45, 7) is 1.50. The number of anilines is 1. The Hall–Kier alpha value is -4.45. The SMILES string of the molecule is CCS(=O)(=O)Nc1ccc(Oc2ccc(F)cc2F)c(-c2cn(C)c(=O)c3cc(-c4cnc(C5CCC5)[nH]4)oc23)c1. The zero-order chi connectivity index (χ0) is 28.9. The molecule has 3 aromatic heterocycles. The normalized spacial score (nSPS) is 13.9. The van der Waals surface area contributed by atoms with Gasteiger partial charge in [-0.15, -0.1) is 0 Å². The van der Waals surface area contributed by atoms with E-state index in [1.54, 1.807) is 19.3 Å². The van der Waals surface area contributed by atoms with Gasteiger partial charge in [0.05, 0.1) is 17.3 Å². The summed E-state index contributed by atoms with van der Waals surface area (Å²) in [6.07, 6.45) is 6.48. The van der Waals surface area contributed by atoms with Gasteiger partial charge < -0.3 is 18.7 Å². The summed E-state index contributed by atoms with van der Waals surface area (Å²) in [7, 11) is -2.05. The van der Waals surface area contributed by atoms with Crippen molar-refractivity contribution in [2.24, 2.45) is 7.05 Å². The Kier molecular flexibility index (Phi) is 6.65. The van der Waals surface area contributed by atoms with Gasteiger partial charge in [-0.05, 0) is 56.2 Å². The molecule has 5 aromatic rings. The van der Waals surface area contributed by atoms with E-state index in [-0.39, 0.29) is 39.5 Å². The molecule has 0 amide bonds. The Morgan fingerprint density at radius 2 is 1.90 bits per heavy atom. The van der Waals surface area contributed by atoms with Crippen molar-refractivity contribution in [1.29, 1.82) is 0 Å². The lowest BCUT2D eigenvalue weighted by molar-refractivity contribution is 0.404. The molecule has 0 unspecified atom stereocenters. The Balaban J connectivity index is 1.52. The number of sulfonamides is 1. The second kappa shape index (κ2) is 10.2. The maximum atomic E-state index is 14.5. The van der Waals surface area contributed by atoms with Crippen LogP contribution >= 0.6 is 0 Å². The van der Waals surface area contributed by atoms with E-state index in [2.05, 4.69) is 14.7 Å². The first-order valence-corrected chi connectivity index (χ1v) is 14.7. The number of hydrogen-bond donors (Lipinski definition) is 2. The van der Waals surface area contributed by atoms with Gasteiger partial charge in [-0.25, -0.2) is 22.2 Å². The highest BCUT2D eigenvalue weighted by Gasteiger charge is 2.25. The quantitative estimate of drug-likeness (QED) is 0.223. The molecule has 212 valence electrons. The van der Waals surface area contributed by atoms with Gasteiger partial charge in [0.25, 0.3) is 5.56 Å². The number of aryl methyl sites for hydroxylation is 1. The molecule has 0 bridgehead atoms. The predicted molar refractivity (Wildman–Crippen MR) is 151 cm³/mol. The summed E-state index contributed by atoms with van der Waals surface area (Å²) in [5, 5.41) is 0.276. The Labute approximate surface area is 233 Å². The standard InChI is InChI=1S/C29H26F2N4O5S/c1-3-41(37,38)34-18-8-10-24(39-25-9-7-17(30)11-22(25)31)19(12-18)21-15-35(2)29(36)20-13-26(40-27(20)21)23-14-32-28(33-23)16-5-4-6-16/h7-16,34H,3-6H2,1-2H3,(H,32,33). The fourth-order valence-corrected chi connectivity index (χ4v) is 5.38. The van der Waals surface area contributed by atoms with Crippen LogP contribution in [0.5, 0.6) is 11.5 Å². The zero-order valence-electron chi connectivity index (χ0n) is 22.2. The molecule has 0 spiro atoms. The van der Waals surface area contributed by atoms with E-state index < -0.39 is 21.7 Å². The van der Waals surface area contributed by atoms with E-state index in [4.69, 9.17) is 9.15 Å². The number of fused-ring (bicyclic) bond motifs is 1. The number of rotatable bonds is 8. The van der Waals surface area contributed by atoms with Crippen molar-refractivity contribution in [3.63, 3.8) is 0 Å². The largest absolute Gasteiger partial charge is 0.454 e. The number of hydrogen-bond acceptors (Lipinski definition) is 6. The number of imidazole rings is 1. The number of halogens is 2. The average molecular weight is 581 g/mol. The van der Waals surface area contributed by atoms with Crippen molar-refractivity contribution in [1.82, 2.24) is 14.5 Å². The molecule has 41 heavy (non-hydrogen) atoms. The number of H-pyrrole nitrogens is 1. The van der Waals surface area contributed by atoms with Crippen LogP contribution in [0.3, 0.4) is 0 Å². The predicted octanol–water partition coefficient (Wildman–Crippen LogP) is 6.29. The third kappa shape index (κ3) is 5.10. The molecule has 0 aliphatic heterocycles. The Morgan fingerprint density at radius 3 is 2.61 bits per heavy atom. The minimum Gasteiger partial charge on any atom is -0.454 e. The first kappa shape index (κ1) is 26.8. The van der Waals surface area contributed by atoms with Gasteiger partial charge >= 0.3 is 0 Å². The first-order chi connectivity index (χ1) is 19.6. The highest BCUT2D eigenvalue weighted by Crippen LogP contribution is 2.41. The lowest BCUT2D eigenvalue weighted by Gasteiger charge is -2.22. The monoisotopic (exact) mass is 580 g/mol. The number of aromatic nitrogens is 3. The highest BCUT2D eigenvalue weighted by molar-refractivity contribution is 7.92. The molecule has 1 aliphatic carbocycles. The molecular formula is C29H26F2N4O5S. The molecule has 3 heterocycles. The number of nitrogens with one attached hydrogen (secondary N) is 2. The highest BCUT2D eigenvalue weighted by atomic mass is 32.2. The molecule has 2 N–H and O–H groups in total. The molecule has 6 rings (SSSR count). The number of pyridine rings is 1. The van der Waals surface area contributed by atoms with E-state index in [1.165, 1.54) is 35.9 Å². The summed E-state index contributed by atoms with van der Waals surface area (Å²) < 4.78 is 68.6. The van der Waals surface area contributed by atoms with Crippen molar-refractivity contribution in [2.45, 2.75) is 32.1 Å². The van der Waals surface area contributed by atoms with Crippen molar-refractivity contribution >= 4 is 26.7 Å². The van der Waals surface area contributed by atoms with Gasteiger partial charge in [0.1, 0.15) is 28.7 Å². The van der Waals surface area contributed by atoms with Crippen LogP contribution in [-0.4, -0.2) is 28.7 Å². The average Bonchev–Trinajstić information content (AvgIpc) is 3.56. The van der Waals surface area contributed by atoms with Crippen LogP contribution < -0.4 is 15.0 Å². The Morgan fingerprint density at radius 1 is 1.12 bits per heavy atom. The fourth-order valence-electron chi connectivity index (χ4n) is 4.75. The summed E-state index contributed by atoms with van der Waals surface area (Å²) in [4.78, 5) is 20.9. The summed E-state index contributed by atoms with van der Waals surface area (Å²) in [5.74, 6) is -0.304. The van der Waals surface area contributed by atoms with E-state index in [9.17, 15) is 22.0 Å². The molecule has 1 saturated carbocycles. The van der Waals surface area contributed by atoms with Gasteiger partial charge in [-0.1, -0.05) is 6.42 Å². The van der Waals surface area contributed by atoms with Crippen LogP contribution in [0.15, 0.2) is 64.1 Å². The van der Waals surface area contributed by atoms with Crippen LogP contribution in [-0.2, 0) is 17.1 Å². The summed E-state index contributed by atoms with van der Waals surface area (Å²) >= 11 is 0. The molecule has 9 nitrogen and oxygen atoms in total. The van der Waals surface area contributed by atoms with Crippen LogP contribution in [0, 0.1) is 11.6 Å². The topological polar surface area (TPSA) is 119 Å². The molecule has 12 heteroatoms. The van der Waals surface area contributed by atoms with Gasteiger partial charge in [-0.2, -0.15) is 0 Å². The van der Waals surface area contributed by atoms with Crippen molar-refractivity contribution in [3.05, 3.63) is 82.7 Å².